The number of hydrogen-bond donors (Lipinski definition) is 0. The summed E-state index contributed by atoms with van der Waals surface area (Å²) in [5.74, 6) is 0. The Balaban J connectivity index is 1.88. The molecule has 0 aliphatic rings. The number of hydrogen-bond acceptors (Lipinski definition) is 1. The zero-order valence-corrected chi connectivity index (χ0v) is 15.0. The molecule has 0 unspecified atom stereocenters. The molecular formula is C24H20N2. The summed E-state index contributed by atoms with van der Waals surface area (Å²) in [5, 5.41) is 13.3. The van der Waals surface area contributed by atoms with E-state index in [9.17, 15) is 5.26 Å². The largest absolute Gasteiger partial charge is 0.344 e. The Morgan fingerprint density at radius 2 is 1.69 bits per heavy atom. The minimum Gasteiger partial charge on any atom is -0.344 e. The molecule has 0 fully saturated rings. The minimum atomic E-state index is 0.369. The van der Waals surface area contributed by atoms with Crippen molar-refractivity contribution in [3.05, 3.63) is 84.1 Å². The van der Waals surface area contributed by atoms with E-state index in [0.29, 0.717) is 11.6 Å². The second kappa shape index (κ2) is 6.54. The van der Waals surface area contributed by atoms with Crippen LogP contribution in [-0.4, -0.2) is 4.57 Å². The maximum absolute atomic E-state index is 9.78. The smallest absolute Gasteiger partial charge is 0.0998 e. The molecule has 3 aromatic carbocycles. The molecule has 1 heterocycles. The zero-order valence-electron chi connectivity index (χ0n) is 15.0. The van der Waals surface area contributed by atoms with Crippen LogP contribution in [0.15, 0.2) is 72.9 Å². The van der Waals surface area contributed by atoms with Crippen molar-refractivity contribution in [1.82, 2.24) is 4.57 Å². The van der Waals surface area contributed by atoms with Crippen LogP contribution in [0.25, 0.3) is 33.3 Å². The number of para-hydroxylation sites is 1. The summed E-state index contributed by atoms with van der Waals surface area (Å²) in [7, 11) is 0. The molecule has 4 rings (SSSR count). The molecule has 4 aromatic rings. The highest BCUT2D eigenvalue weighted by Crippen LogP contribution is 2.29. The van der Waals surface area contributed by atoms with Gasteiger partial charge in [-0.05, 0) is 48.4 Å². The molecule has 0 aliphatic heterocycles. The zero-order chi connectivity index (χ0) is 18.1. The van der Waals surface area contributed by atoms with Crippen molar-refractivity contribution in [3.8, 4) is 6.07 Å². The van der Waals surface area contributed by atoms with Crippen molar-refractivity contribution < 1.29 is 0 Å². The molecule has 126 valence electrons. The van der Waals surface area contributed by atoms with Gasteiger partial charge in [-0.1, -0.05) is 54.6 Å². The van der Waals surface area contributed by atoms with Gasteiger partial charge in [0.25, 0.3) is 0 Å². The van der Waals surface area contributed by atoms with Crippen LogP contribution in [-0.2, 0) is 0 Å². The summed E-state index contributed by atoms with van der Waals surface area (Å²) in [6.07, 6.45) is 4.15. The SMILES string of the molecule is CC(C)n1cc(/C=C(/C#N)c2ccc3ccccc3c2)c2ccccc21. The van der Waals surface area contributed by atoms with E-state index >= 15 is 0 Å². The van der Waals surface area contributed by atoms with Crippen molar-refractivity contribution in [2.45, 2.75) is 19.9 Å². The molecule has 0 saturated heterocycles. The lowest BCUT2D eigenvalue weighted by Gasteiger charge is -2.08. The van der Waals surface area contributed by atoms with Crippen molar-refractivity contribution in [1.29, 1.82) is 5.26 Å². The molecule has 26 heavy (non-hydrogen) atoms. The van der Waals surface area contributed by atoms with Gasteiger partial charge in [0.05, 0.1) is 11.6 Å². The summed E-state index contributed by atoms with van der Waals surface area (Å²) in [6.45, 7) is 4.35. The standard InChI is InChI=1S/C24H20N2/c1-17(2)26-16-22(23-9-5-6-10-24(23)26)14-21(15-25)20-12-11-18-7-3-4-8-19(18)13-20/h3-14,16-17H,1-2H3/b21-14-. The topological polar surface area (TPSA) is 28.7 Å². The first-order valence-corrected chi connectivity index (χ1v) is 8.88. The Labute approximate surface area is 153 Å². The second-order valence-electron chi connectivity index (χ2n) is 6.83. The van der Waals surface area contributed by atoms with E-state index in [1.807, 2.05) is 30.3 Å². The second-order valence-corrected chi connectivity index (χ2v) is 6.83. The maximum Gasteiger partial charge on any atom is 0.0998 e. The van der Waals surface area contributed by atoms with E-state index in [4.69, 9.17) is 0 Å². The van der Waals surface area contributed by atoms with Gasteiger partial charge in [0.1, 0.15) is 0 Å². The lowest BCUT2D eigenvalue weighted by molar-refractivity contribution is 0.622. The van der Waals surface area contributed by atoms with E-state index in [1.54, 1.807) is 0 Å². The molecule has 0 spiro atoms. The number of aromatic nitrogens is 1. The number of nitrogens with zero attached hydrogens (tertiary/aromatic N) is 2. The minimum absolute atomic E-state index is 0.369. The van der Waals surface area contributed by atoms with E-state index in [2.05, 4.69) is 73.1 Å². The lowest BCUT2D eigenvalue weighted by Crippen LogP contribution is -1.97. The Kier molecular flexibility index (Phi) is 4.07. The first kappa shape index (κ1) is 16.2. The predicted molar refractivity (Wildman–Crippen MR) is 110 cm³/mol. The maximum atomic E-state index is 9.78. The van der Waals surface area contributed by atoms with Crippen molar-refractivity contribution in [2.24, 2.45) is 0 Å². The van der Waals surface area contributed by atoms with Gasteiger partial charge < -0.3 is 4.57 Å². The molecular weight excluding hydrogens is 316 g/mol. The Morgan fingerprint density at radius 1 is 0.962 bits per heavy atom. The molecule has 0 aliphatic carbocycles. The van der Waals surface area contributed by atoms with E-state index in [0.717, 1.165) is 16.5 Å². The molecule has 2 nitrogen and oxygen atoms in total. The van der Waals surface area contributed by atoms with Crippen LogP contribution in [0.1, 0.15) is 31.0 Å². The lowest BCUT2D eigenvalue weighted by atomic mass is 10.00. The first-order chi connectivity index (χ1) is 12.7. The van der Waals surface area contributed by atoms with Gasteiger partial charge in [-0.25, -0.2) is 0 Å². The summed E-state index contributed by atoms with van der Waals surface area (Å²) in [5.41, 5.74) is 3.92. The molecule has 1 aromatic heterocycles. The van der Waals surface area contributed by atoms with Gasteiger partial charge in [0, 0.05) is 28.7 Å². The van der Waals surface area contributed by atoms with Crippen LogP contribution in [0.3, 0.4) is 0 Å². The van der Waals surface area contributed by atoms with Crippen molar-refractivity contribution >= 4 is 33.3 Å². The summed E-state index contributed by atoms with van der Waals surface area (Å²) >= 11 is 0. The van der Waals surface area contributed by atoms with E-state index in [1.165, 1.54) is 16.3 Å². The Morgan fingerprint density at radius 3 is 2.46 bits per heavy atom. The number of benzene rings is 3. The molecule has 0 amide bonds. The van der Waals surface area contributed by atoms with Crippen LogP contribution >= 0.6 is 0 Å². The number of allylic oxidation sites excluding steroid dienone is 1. The molecule has 0 radical (unpaired) electrons. The average molecular weight is 336 g/mol. The number of rotatable bonds is 3. The third-order valence-corrected chi connectivity index (χ3v) is 4.81. The highest BCUT2D eigenvalue weighted by Gasteiger charge is 2.10. The van der Waals surface area contributed by atoms with E-state index < -0.39 is 0 Å². The van der Waals surface area contributed by atoms with Gasteiger partial charge in [-0.3, -0.25) is 0 Å². The summed E-state index contributed by atoms with van der Waals surface area (Å²) in [6, 6.07) is 25.5. The Bertz CT molecular complexity index is 1170. The molecule has 0 atom stereocenters. The van der Waals surface area contributed by atoms with Crippen LogP contribution in [0.4, 0.5) is 0 Å². The summed E-state index contributed by atoms with van der Waals surface area (Å²) < 4.78 is 2.26. The third-order valence-electron chi connectivity index (χ3n) is 4.81. The number of nitriles is 1. The fourth-order valence-corrected chi connectivity index (χ4v) is 3.47. The fourth-order valence-electron chi connectivity index (χ4n) is 3.47. The predicted octanol–water partition coefficient (Wildman–Crippen LogP) is 6.44. The van der Waals surface area contributed by atoms with Gasteiger partial charge in [0.2, 0.25) is 0 Å². The van der Waals surface area contributed by atoms with Crippen LogP contribution in [0, 0.1) is 11.3 Å². The third kappa shape index (κ3) is 2.78. The summed E-state index contributed by atoms with van der Waals surface area (Å²) in [4.78, 5) is 0. The van der Waals surface area contributed by atoms with E-state index in [-0.39, 0.29) is 0 Å². The Hall–Kier alpha value is -3.31. The van der Waals surface area contributed by atoms with Crippen LogP contribution in [0.2, 0.25) is 0 Å². The molecule has 0 saturated carbocycles. The van der Waals surface area contributed by atoms with Gasteiger partial charge in [-0.15, -0.1) is 0 Å². The van der Waals surface area contributed by atoms with Gasteiger partial charge in [0.15, 0.2) is 0 Å². The van der Waals surface area contributed by atoms with Gasteiger partial charge >= 0.3 is 0 Å². The highest BCUT2D eigenvalue weighted by molar-refractivity contribution is 5.99. The normalized spacial score (nSPS) is 12.0. The molecule has 0 N–H and O–H groups in total. The first-order valence-electron chi connectivity index (χ1n) is 8.88. The molecule has 0 bridgehead atoms. The van der Waals surface area contributed by atoms with Crippen molar-refractivity contribution in [2.75, 3.05) is 0 Å². The van der Waals surface area contributed by atoms with Crippen LogP contribution < -0.4 is 0 Å². The molecule has 2 heteroatoms. The fraction of sp³-hybridized carbons (Fsp3) is 0.125. The van der Waals surface area contributed by atoms with Crippen molar-refractivity contribution in [3.63, 3.8) is 0 Å². The number of fused-ring (bicyclic) bond motifs is 2. The van der Waals surface area contributed by atoms with Gasteiger partial charge in [-0.2, -0.15) is 5.26 Å². The van der Waals surface area contributed by atoms with Crippen LogP contribution in [0.5, 0.6) is 0 Å². The monoisotopic (exact) mass is 336 g/mol. The highest BCUT2D eigenvalue weighted by atomic mass is 15.0. The quantitative estimate of drug-likeness (QED) is 0.396. The average Bonchev–Trinajstić information content (AvgIpc) is 3.04.